The molecule has 0 radical (unpaired) electrons. The van der Waals surface area contributed by atoms with E-state index in [4.69, 9.17) is 5.73 Å². The fourth-order valence-corrected chi connectivity index (χ4v) is 1.77. The number of benzene rings is 1. The van der Waals surface area contributed by atoms with Crippen LogP contribution >= 0.6 is 0 Å². The van der Waals surface area contributed by atoms with Crippen LogP contribution in [-0.2, 0) is 16.0 Å². The van der Waals surface area contributed by atoms with Crippen LogP contribution < -0.4 is 11.1 Å². The Labute approximate surface area is 112 Å². The Morgan fingerprint density at radius 3 is 2.47 bits per heavy atom. The van der Waals surface area contributed by atoms with Gasteiger partial charge in [-0.05, 0) is 25.3 Å². The molecule has 19 heavy (non-hydrogen) atoms. The summed E-state index contributed by atoms with van der Waals surface area (Å²) < 4.78 is 0. The van der Waals surface area contributed by atoms with Gasteiger partial charge in [0.05, 0.1) is 6.10 Å². The Morgan fingerprint density at radius 1 is 1.32 bits per heavy atom. The lowest BCUT2D eigenvalue weighted by Gasteiger charge is -2.17. The van der Waals surface area contributed by atoms with Crippen LogP contribution in [-0.4, -0.2) is 29.1 Å². The number of aliphatic hydroxyl groups excluding tert-OH is 1. The number of hydrogen-bond acceptors (Lipinski definition) is 3. The molecule has 0 saturated carbocycles. The van der Waals surface area contributed by atoms with Crippen molar-refractivity contribution in [3.63, 3.8) is 0 Å². The molecule has 0 fully saturated rings. The van der Waals surface area contributed by atoms with Crippen molar-refractivity contribution in [2.75, 3.05) is 0 Å². The normalized spacial score (nSPS) is 13.6. The van der Waals surface area contributed by atoms with E-state index < -0.39 is 18.1 Å². The van der Waals surface area contributed by atoms with Crippen LogP contribution in [0.2, 0.25) is 0 Å². The van der Waals surface area contributed by atoms with Crippen molar-refractivity contribution in [3.05, 3.63) is 35.9 Å². The maximum absolute atomic E-state index is 11.6. The number of nitrogens with one attached hydrogen (secondary N) is 1. The molecule has 0 heterocycles. The molecule has 0 unspecified atom stereocenters. The summed E-state index contributed by atoms with van der Waals surface area (Å²) in [6.07, 6.45) is 0.784. The minimum Gasteiger partial charge on any atom is -0.391 e. The van der Waals surface area contributed by atoms with E-state index in [0.29, 0.717) is 12.8 Å². The Morgan fingerprint density at radius 2 is 1.95 bits per heavy atom. The minimum atomic E-state index is -1.02. The summed E-state index contributed by atoms with van der Waals surface area (Å²) >= 11 is 0. The number of carbonyl (C=O) groups is 2. The van der Waals surface area contributed by atoms with E-state index in [9.17, 15) is 14.7 Å². The smallest absolute Gasteiger partial charge is 0.242 e. The fraction of sp³-hybridized carbons (Fsp3) is 0.429. The van der Waals surface area contributed by atoms with Crippen LogP contribution in [0.3, 0.4) is 0 Å². The molecule has 1 aromatic carbocycles. The number of nitrogens with two attached hydrogens (primary N) is 1. The molecule has 104 valence electrons. The Hall–Kier alpha value is -1.88. The molecule has 4 N–H and O–H groups in total. The first-order valence-corrected chi connectivity index (χ1v) is 6.31. The van der Waals surface area contributed by atoms with Crippen LogP contribution in [0.4, 0.5) is 0 Å². The van der Waals surface area contributed by atoms with Crippen LogP contribution in [0.5, 0.6) is 0 Å². The lowest BCUT2D eigenvalue weighted by atomic mass is 10.1. The molecule has 0 bridgehead atoms. The maximum Gasteiger partial charge on any atom is 0.242 e. The standard InChI is InChI=1S/C14H20N2O3/c1-10(17)13(14(15)19)16-12(18)9-5-8-11-6-3-2-4-7-11/h2-4,6-7,10,13,17H,5,8-9H2,1H3,(H2,15,19)(H,16,18)/t10-,13+/m1/s1. The monoisotopic (exact) mass is 264 g/mol. The van der Waals surface area contributed by atoms with Crippen LogP contribution in [0.25, 0.3) is 0 Å². The summed E-state index contributed by atoms with van der Waals surface area (Å²) in [6.45, 7) is 1.42. The SMILES string of the molecule is C[C@@H](O)[C@H](NC(=O)CCCc1ccccc1)C(N)=O. The van der Waals surface area contributed by atoms with Gasteiger partial charge in [-0.1, -0.05) is 30.3 Å². The first kappa shape index (κ1) is 15.2. The maximum atomic E-state index is 11.6. The van der Waals surface area contributed by atoms with Gasteiger partial charge >= 0.3 is 0 Å². The predicted molar refractivity (Wildman–Crippen MR) is 72.2 cm³/mol. The summed E-state index contributed by atoms with van der Waals surface area (Å²) in [5, 5.41) is 11.8. The fourth-order valence-electron chi connectivity index (χ4n) is 1.77. The molecule has 5 nitrogen and oxygen atoms in total. The molecule has 1 rings (SSSR count). The van der Waals surface area contributed by atoms with Crippen molar-refractivity contribution in [1.29, 1.82) is 0 Å². The second-order valence-corrected chi connectivity index (χ2v) is 4.53. The number of aliphatic hydroxyl groups is 1. The Balaban J connectivity index is 2.33. The molecule has 0 aliphatic heterocycles. The van der Waals surface area contributed by atoms with Gasteiger partial charge in [0, 0.05) is 6.42 Å². The molecule has 0 saturated heterocycles. The highest BCUT2D eigenvalue weighted by molar-refractivity contribution is 5.86. The average molecular weight is 264 g/mol. The number of carbonyl (C=O) groups excluding carboxylic acids is 2. The highest BCUT2D eigenvalue weighted by Gasteiger charge is 2.22. The van der Waals surface area contributed by atoms with Crippen molar-refractivity contribution >= 4 is 11.8 Å². The second kappa shape index (κ2) is 7.53. The van der Waals surface area contributed by atoms with Crippen molar-refractivity contribution in [3.8, 4) is 0 Å². The van der Waals surface area contributed by atoms with Crippen molar-refractivity contribution in [2.24, 2.45) is 5.73 Å². The number of amides is 2. The Kier molecular flexibility index (Phi) is 6.02. The highest BCUT2D eigenvalue weighted by atomic mass is 16.3. The third-order valence-electron chi connectivity index (χ3n) is 2.82. The second-order valence-electron chi connectivity index (χ2n) is 4.53. The van der Waals surface area contributed by atoms with Gasteiger partial charge in [-0.2, -0.15) is 0 Å². The van der Waals surface area contributed by atoms with Crippen molar-refractivity contribution < 1.29 is 14.7 Å². The molecular weight excluding hydrogens is 244 g/mol. The van der Waals surface area contributed by atoms with Gasteiger partial charge in [0.15, 0.2) is 0 Å². The van der Waals surface area contributed by atoms with Gasteiger partial charge in [0.1, 0.15) is 6.04 Å². The summed E-state index contributed by atoms with van der Waals surface area (Å²) in [7, 11) is 0. The Bertz CT molecular complexity index is 418. The zero-order valence-corrected chi connectivity index (χ0v) is 11.0. The van der Waals surface area contributed by atoms with E-state index in [1.165, 1.54) is 6.92 Å². The largest absolute Gasteiger partial charge is 0.391 e. The molecule has 0 aromatic heterocycles. The first-order valence-electron chi connectivity index (χ1n) is 6.31. The van der Waals surface area contributed by atoms with Crippen LogP contribution in [0.1, 0.15) is 25.3 Å². The van der Waals surface area contributed by atoms with Crippen LogP contribution in [0, 0.1) is 0 Å². The molecule has 2 atom stereocenters. The minimum absolute atomic E-state index is 0.277. The van der Waals surface area contributed by atoms with Crippen molar-refractivity contribution in [1.82, 2.24) is 5.32 Å². The van der Waals surface area contributed by atoms with E-state index in [0.717, 1.165) is 12.0 Å². The molecule has 2 amide bonds. The van der Waals surface area contributed by atoms with Crippen LogP contribution in [0.15, 0.2) is 30.3 Å². The number of rotatable bonds is 7. The highest BCUT2D eigenvalue weighted by Crippen LogP contribution is 2.04. The molecule has 0 aliphatic rings. The topological polar surface area (TPSA) is 92.4 Å². The average Bonchev–Trinajstić information content (AvgIpc) is 2.36. The van der Waals surface area contributed by atoms with Gasteiger partial charge in [0.25, 0.3) is 0 Å². The molecule has 0 spiro atoms. The van der Waals surface area contributed by atoms with E-state index in [1.807, 2.05) is 30.3 Å². The first-order chi connectivity index (χ1) is 9.00. The lowest BCUT2D eigenvalue weighted by molar-refractivity contribution is -0.129. The number of hydrogen-bond donors (Lipinski definition) is 3. The van der Waals surface area contributed by atoms with E-state index >= 15 is 0 Å². The van der Waals surface area contributed by atoms with Gasteiger partial charge in [-0.15, -0.1) is 0 Å². The summed E-state index contributed by atoms with van der Waals surface area (Å²) in [4.78, 5) is 22.6. The zero-order chi connectivity index (χ0) is 14.3. The number of primary amides is 1. The molecule has 1 aromatic rings. The van der Waals surface area contributed by atoms with Gasteiger partial charge < -0.3 is 16.2 Å². The summed E-state index contributed by atoms with van der Waals surface area (Å²) in [5.74, 6) is -1.01. The van der Waals surface area contributed by atoms with Crippen molar-refractivity contribution in [2.45, 2.75) is 38.3 Å². The molecule has 0 aliphatic carbocycles. The number of aryl methyl sites for hydroxylation is 1. The van der Waals surface area contributed by atoms with E-state index in [-0.39, 0.29) is 5.91 Å². The lowest BCUT2D eigenvalue weighted by Crippen LogP contribution is -2.50. The van der Waals surface area contributed by atoms with E-state index in [2.05, 4.69) is 5.32 Å². The molecular formula is C14H20N2O3. The zero-order valence-electron chi connectivity index (χ0n) is 11.0. The van der Waals surface area contributed by atoms with Gasteiger partial charge in [0.2, 0.25) is 11.8 Å². The molecule has 5 heteroatoms. The third-order valence-corrected chi connectivity index (χ3v) is 2.82. The summed E-state index contributed by atoms with van der Waals surface area (Å²) in [5.41, 5.74) is 6.26. The summed E-state index contributed by atoms with van der Waals surface area (Å²) in [6, 6.07) is 8.82. The quantitative estimate of drug-likeness (QED) is 0.664. The predicted octanol–water partition coefficient (Wildman–Crippen LogP) is 0.360. The van der Waals surface area contributed by atoms with Gasteiger partial charge in [-0.3, -0.25) is 9.59 Å². The van der Waals surface area contributed by atoms with E-state index in [1.54, 1.807) is 0 Å². The van der Waals surface area contributed by atoms with Gasteiger partial charge in [-0.25, -0.2) is 0 Å². The third kappa shape index (κ3) is 5.52.